The largest absolute Gasteiger partial charge is 0.380 e. The van der Waals surface area contributed by atoms with E-state index in [2.05, 4.69) is 0 Å². The van der Waals surface area contributed by atoms with E-state index < -0.39 is 0 Å². The second kappa shape index (κ2) is 3.49. The second-order valence-electron chi connectivity index (χ2n) is 2.50. The Morgan fingerprint density at radius 3 is 2.82 bits per heavy atom. The van der Waals surface area contributed by atoms with Crippen LogP contribution in [0.15, 0.2) is 18.2 Å². The fourth-order valence-electron chi connectivity index (χ4n) is 0.951. The van der Waals surface area contributed by atoms with Gasteiger partial charge in [-0.2, -0.15) is 0 Å². The smallest absolute Gasteiger partial charge is 0.123 e. The number of hydrogen-bond donors (Lipinski definition) is 0. The number of hydrogen-bond acceptors (Lipinski definition) is 1. The molecule has 0 N–H and O–H groups in total. The highest BCUT2D eigenvalue weighted by atomic mass is 19.1. The Hall–Kier alpha value is -0.890. The summed E-state index contributed by atoms with van der Waals surface area (Å²) in [5.41, 5.74) is 1.97. The number of halogens is 1. The van der Waals surface area contributed by atoms with Crippen molar-refractivity contribution >= 4 is 0 Å². The number of aryl methyl sites for hydroxylation is 1. The third kappa shape index (κ3) is 2.02. The normalized spacial score (nSPS) is 10.1. The summed E-state index contributed by atoms with van der Waals surface area (Å²) in [4.78, 5) is 0. The summed E-state index contributed by atoms with van der Waals surface area (Å²) in [5, 5.41) is 0. The van der Waals surface area contributed by atoms with Crippen molar-refractivity contribution in [1.29, 1.82) is 0 Å². The molecule has 60 valence electrons. The SMILES string of the molecule is COCc1cc(F)ccc1C. The first-order valence-corrected chi connectivity index (χ1v) is 3.48. The van der Waals surface area contributed by atoms with Crippen LogP contribution in [0, 0.1) is 12.7 Å². The molecule has 1 aromatic carbocycles. The monoisotopic (exact) mass is 154 g/mol. The number of ether oxygens (including phenoxy) is 1. The van der Waals surface area contributed by atoms with E-state index in [1.165, 1.54) is 12.1 Å². The lowest BCUT2D eigenvalue weighted by Gasteiger charge is -2.03. The molecule has 0 amide bonds. The standard InChI is InChI=1S/C9H11FO/c1-7-3-4-9(10)5-8(7)6-11-2/h3-5H,6H2,1-2H3. The summed E-state index contributed by atoms with van der Waals surface area (Å²) in [6.45, 7) is 2.41. The van der Waals surface area contributed by atoms with Crippen molar-refractivity contribution in [2.75, 3.05) is 7.11 Å². The second-order valence-corrected chi connectivity index (χ2v) is 2.50. The van der Waals surface area contributed by atoms with Gasteiger partial charge in [0.1, 0.15) is 5.82 Å². The van der Waals surface area contributed by atoms with Crippen molar-refractivity contribution in [2.24, 2.45) is 0 Å². The van der Waals surface area contributed by atoms with Gasteiger partial charge in [-0.15, -0.1) is 0 Å². The highest BCUT2D eigenvalue weighted by Gasteiger charge is 1.98. The number of rotatable bonds is 2. The van der Waals surface area contributed by atoms with E-state index in [-0.39, 0.29) is 5.82 Å². The number of methoxy groups -OCH3 is 1. The predicted octanol–water partition coefficient (Wildman–Crippen LogP) is 2.28. The number of benzene rings is 1. The van der Waals surface area contributed by atoms with Gasteiger partial charge < -0.3 is 4.74 Å². The van der Waals surface area contributed by atoms with E-state index in [0.717, 1.165) is 11.1 Å². The quantitative estimate of drug-likeness (QED) is 0.635. The minimum absolute atomic E-state index is 0.206. The fourth-order valence-corrected chi connectivity index (χ4v) is 0.951. The Balaban J connectivity index is 2.93. The fraction of sp³-hybridized carbons (Fsp3) is 0.333. The summed E-state index contributed by atoms with van der Waals surface area (Å²) in [6, 6.07) is 4.71. The van der Waals surface area contributed by atoms with Crippen LogP contribution in [0.4, 0.5) is 4.39 Å². The van der Waals surface area contributed by atoms with Crippen LogP contribution >= 0.6 is 0 Å². The molecule has 0 saturated heterocycles. The van der Waals surface area contributed by atoms with E-state index >= 15 is 0 Å². The van der Waals surface area contributed by atoms with E-state index in [0.29, 0.717) is 6.61 Å². The molecule has 0 heterocycles. The van der Waals surface area contributed by atoms with E-state index in [1.807, 2.05) is 6.92 Å². The van der Waals surface area contributed by atoms with Gasteiger partial charge in [-0.05, 0) is 30.2 Å². The molecule has 0 aliphatic carbocycles. The van der Waals surface area contributed by atoms with Crippen molar-refractivity contribution < 1.29 is 9.13 Å². The first-order chi connectivity index (χ1) is 5.24. The van der Waals surface area contributed by atoms with Gasteiger partial charge in [0, 0.05) is 7.11 Å². The van der Waals surface area contributed by atoms with Crippen molar-refractivity contribution in [3.8, 4) is 0 Å². The Bertz CT molecular complexity index is 245. The first kappa shape index (κ1) is 8.21. The molecule has 0 aliphatic heterocycles. The van der Waals surface area contributed by atoms with Gasteiger partial charge in [-0.25, -0.2) is 4.39 Å². The molecule has 0 fully saturated rings. The summed E-state index contributed by atoms with van der Waals surface area (Å²) >= 11 is 0. The summed E-state index contributed by atoms with van der Waals surface area (Å²) in [5.74, 6) is -0.206. The molecule has 0 spiro atoms. The van der Waals surface area contributed by atoms with E-state index in [4.69, 9.17) is 4.74 Å². The van der Waals surface area contributed by atoms with Gasteiger partial charge in [-0.3, -0.25) is 0 Å². The van der Waals surface area contributed by atoms with Crippen molar-refractivity contribution in [3.63, 3.8) is 0 Å². The van der Waals surface area contributed by atoms with Crippen LogP contribution in [0.3, 0.4) is 0 Å². The van der Waals surface area contributed by atoms with E-state index in [9.17, 15) is 4.39 Å². The molecule has 0 atom stereocenters. The van der Waals surface area contributed by atoms with Gasteiger partial charge in [-0.1, -0.05) is 6.07 Å². The lowest BCUT2D eigenvalue weighted by Crippen LogP contribution is -1.92. The van der Waals surface area contributed by atoms with E-state index in [1.54, 1.807) is 13.2 Å². The van der Waals surface area contributed by atoms with Crippen LogP contribution < -0.4 is 0 Å². The maximum atomic E-state index is 12.6. The summed E-state index contributed by atoms with van der Waals surface area (Å²) in [6.07, 6.45) is 0. The molecule has 0 bridgehead atoms. The van der Waals surface area contributed by atoms with Gasteiger partial charge in [0.2, 0.25) is 0 Å². The molecule has 11 heavy (non-hydrogen) atoms. The third-order valence-electron chi connectivity index (χ3n) is 1.61. The summed E-state index contributed by atoms with van der Waals surface area (Å²) in [7, 11) is 1.60. The van der Waals surface area contributed by atoms with Crippen LogP contribution in [0.5, 0.6) is 0 Å². The van der Waals surface area contributed by atoms with Crippen molar-refractivity contribution in [3.05, 3.63) is 35.1 Å². The average molecular weight is 154 g/mol. The highest BCUT2D eigenvalue weighted by Crippen LogP contribution is 2.10. The molecule has 0 radical (unpaired) electrons. The molecular weight excluding hydrogens is 143 g/mol. The molecule has 0 unspecified atom stereocenters. The maximum Gasteiger partial charge on any atom is 0.123 e. The molecule has 2 heteroatoms. The van der Waals surface area contributed by atoms with Crippen LogP contribution in [0.25, 0.3) is 0 Å². The van der Waals surface area contributed by atoms with Crippen LogP contribution in [0.2, 0.25) is 0 Å². The Morgan fingerprint density at radius 2 is 2.18 bits per heavy atom. The van der Waals surface area contributed by atoms with Crippen LogP contribution in [0.1, 0.15) is 11.1 Å². The molecular formula is C9H11FO. The molecule has 0 aromatic heterocycles. The van der Waals surface area contributed by atoms with Gasteiger partial charge >= 0.3 is 0 Å². The van der Waals surface area contributed by atoms with Gasteiger partial charge in [0.15, 0.2) is 0 Å². The van der Waals surface area contributed by atoms with Crippen LogP contribution in [-0.2, 0) is 11.3 Å². The Labute approximate surface area is 65.8 Å². The Morgan fingerprint density at radius 1 is 1.45 bits per heavy atom. The molecule has 1 rings (SSSR count). The highest BCUT2D eigenvalue weighted by molar-refractivity contribution is 5.25. The maximum absolute atomic E-state index is 12.6. The zero-order valence-electron chi connectivity index (χ0n) is 6.73. The zero-order valence-corrected chi connectivity index (χ0v) is 6.73. The predicted molar refractivity (Wildman–Crippen MR) is 41.9 cm³/mol. The molecule has 1 nitrogen and oxygen atoms in total. The molecule has 1 aromatic rings. The third-order valence-corrected chi connectivity index (χ3v) is 1.61. The zero-order chi connectivity index (χ0) is 8.27. The minimum Gasteiger partial charge on any atom is -0.380 e. The average Bonchev–Trinajstić information content (AvgIpc) is 1.98. The minimum atomic E-state index is -0.206. The summed E-state index contributed by atoms with van der Waals surface area (Å²) < 4.78 is 17.5. The first-order valence-electron chi connectivity index (χ1n) is 3.48. The topological polar surface area (TPSA) is 9.23 Å². The van der Waals surface area contributed by atoms with Gasteiger partial charge in [0.25, 0.3) is 0 Å². The van der Waals surface area contributed by atoms with Crippen molar-refractivity contribution in [2.45, 2.75) is 13.5 Å². The lowest BCUT2D eigenvalue weighted by molar-refractivity contribution is 0.184. The van der Waals surface area contributed by atoms with Gasteiger partial charge in [0.05, 0.1) is 6.61 Å². The lowest BCUT2D eigenvalue weighted by atomic mass is 10.1. The molecule has 0 saturated carbocycles. The van der Waals surface area contributed by atoms with Crippen LogP contribution in [-0.4, -0.2) is 7.11 Å². The molecule has 0 aliphatic rings. The Kier molecular flexibility index (Phi) is 2.60. The van der Waals surface area contributed by atoms with Crippen molar-refractivity contribution in [1.82, 2.24) is 0 Å².